The van der Waals surface area contributed by atoms with Crippen molar-refractivity contribution in [3.05, 3.63) is 12.7 Å². The number of hydrogen-bond acceptors (Lipinski definition) is 2. The molecule has 2 heteroatoms. The summed E-state index contributed by atoms with van der Waals surface area (Å²) in [5, 5.41) is 3.24. The minimum atomic E-state index is -0.0891. The van der Waals surface area contributed by atoms with Crippen LogP contribution in [0.25, 0.3) is 0 Å². The molecule has 0 rings (SSSR count). The van der Waals surface area contributed by atoms with Crippen LogP contribution in [-0.4, -0.2) is 18.6 Å². The van der Waals surface area contributed by atoms with Crippen LogP contribution in [0.4, 0.5) is 0 Å². The lowest BCUT2D eigenvalue weighted by atomic mass is 9.90. The summed E-state index contributed by atoms with van der Waals surface area (Å²) < 4.78 is 0. The minimum absolute atomic E-state index is 0.0891. The molecule has 66 valence electrons. The standard InChI is InChI=1S/C9H20N2/c1-5-6-11-7-8(2)9(3,4)10/h5,8,11H,1,6-7,10H2,2-4H3. The maximum atomic E-state index is 5.90. The summed E-state index contributed by atoms with van der Waals surface area (Å²) in [7, 11) is 0. The third-order valence-electron chi connectivity index (χ3n) is 2.01. The van der Waals surface area contributed by atoms with Crippen molar-refractivity contribution in [3.63, 3.8) is 0 Å². The average molecular weight is 156 g/mol. The van der Waals surface area contributed by atoms with Crippen molar-refractivity contribution in [3.8, 4) is 0 Å². The van der Waals surface area contributed by atoms with Gasteiger partial charge in [-0.25, -0.2) is 0 Å². The molecule has 0 saturated carbocycles. The number of rotatable bonds is 5. The second-order valence-electron chi connectivity index (χ2n) is 3.67. The molecule has 2 nitrogen and oxygen atoms in total. The zero-order valence-corrected chi connectivity index (χ0v) is 7.85. The first-order valence-corrected chi connectivity index (χ1v) is 4.09. The Labute approximate surface area is 69.9 Å². The highest BCUT2D eigenvalue weighted by Crippen LogP contribution is 2.10. The van der Waals surface area contributed by atoms with E-state index in [-0.39, 0.29) is 5.54 Å². The molecule has 0 aromatic carbocycles. The van der Waals surface area contributed by atoms with Gasteiger partial charge in [0.2, 0.25) is 0 Å². The first-order chi connectivity index (χ1) is 4.98. The lowest BCUT2D eigenvalue weighted by Gasteiger charge is -2.27. The van der Waals surface area contributed by atoms with Crippen LogP contribution in [0.1, 0.15) is 20.8 Å². The van der Waals surface area contributed by atoms with E-state index in [1.807, 2.05) is 19.9 Å². The predicted octanol–water partition coefficient (Wildman–Crippen LogP) is 1.14. The molecule has 1 unspecified atom stereocenters. The summed E-state index contributed by atoms with van der Waals surface area (Å²) in [6, 6.07) is 0. The highest BCUT2D eigenvalue weighted by Gasteiger charge is 2.19. The van der Waals surface area contributed by atoms with E-state index in [4.69, 9.17) is 5.73 Å². The van der Waals surface area contributed by atoms with Gasteiger partial charge in [-0.15, -0.1) is 6.58 Å². The fourth-order valence-electron chi connectivity index (χ4n) is 0.665. The van der Waals surface area contributed by atoms with Crippen LogP contribution in [0, 0.1) is 5.92 Å². The van der Waals surface area contributed by atoms with E-state index in [2.05, 4.69) is 18.8 Å². The normalized spacial score (nSPS) is 14.5. The Balaban J connectivity index is 3.52. The molecule has 1 atom stereocenters. The van der Waals surface area contributed by atoms with Gasteiger partial charge in [0, 0.05) is 12.1 Å². The van der Waals surface area contributed by atoms with Gasteiger partial charge in [-0.05, 0) is 26.3 Å². The van der Waals surface area contributed by atoms with Gasteiger partial charge in [0.1, 0.15) is 0 Å². The monoisotopic (exact) mass is 156 g/mol. The Kier molecular flexibility index (Phi) is 4.38. The number of hydrogen-bond donors (Lipinski definition) is 2. The Hall–Kier alpha value is -0.340. The highest BCUT2D eigenvalue weighted by atomic mass is 14.9. The van der Waals surface area contributed by atoms with Crippen LogP contribution in [-0.2, 0) is 0 Å². The van der Waals surface area contributed by atoms with Crippen molar-refractivity contribution in [1.82, 2.24) is 5.32 Å². The van der Waals surface area contributed by atoms with Crippen molar-refractivity contribution in [2.45, 2.75) is 26.3 Å². The molecule has 11 heavy (non-hydrogen) atoms. The van der Waals surface area contributed by atoms with E-state index < -0.39 is 0 Å². The zero-order valence-electron chi connectivity index (χ0n) is 7.85. The number of nitrogens with one attached hydrogen (secondary N) is 1. The maximum absolute atomic E-state index is 5.90. The molecule has 0 aliphatic rings. The molecule has 0 heterocycles. The lowest BCUT2D eigenvalue weighted by Crippen LogP contribution is -2.44. The first kappa shape index (κ1) is 10.7. The molecule has 0 aliphatic carbocycles. The highest BCUT2D eigenvalue weighted by molar-refractivity contribution is 4.81. The van der Waals surface area contributed by atoms with Gasteiger partial charge < -0.3 is 11.1 Å². The molecule has 0 radical (unpaired) electrons. The summed E-state index contributed by atoms with van der Waals surface area (Å²) in [6.07, 6.45) is 1.86. The third-order valence-corrected chi connectivity index (χ3v) is 2.01. The lowest BCUT2D eigenvalue weighted by molar-refractivity contribution is 0.335. The van der Waals surface area contributed by atoms with Crippen molar-refractivity contribution in [2.24, 2.45) is 11.7 Å². The predicted molar refractivity (Wildman–Crippen MR) is 50.5 cm³/mol. The largest absolute Gasteiger partial charge is 0.325 e. The Bertz CT molecular complexity index is 113. The molecule has 0 amide bonds. The van der Waals surface area contributed by atoms with Gasteiger partial charge in [0.15, 0.2) is 0 Å². The minimum Gasteiger partial charge on any atom is -0.325 e. The molecule has 0 spiro atoms. The van der Waals surface area contributed by atoms with Gasteiger partial charge in [0.05, 0.1) is 0 Å². The third kappa shape index (κ3) is 4.99. The smallest absolute Gasteiger partial charge is 0.0135 e. The summed E-state index contributed by atoms with van der Waals surface area (Å²) in [4.78, 5) is 0. The molecule has 0 aromatic rings. The van der Waals surface area contributed by atoms with Crippen molar-refractivity contribution in [1.29, 1.82) is 0 Å². The Morgan fingerprint density at radius 3 is 2.55 bits per heavy atom. The second-order valence-corrected chi connectivity index (χ2v) is 3.67. The summed E-state index contributed by atoms with van der Waals surface area (Å²) >= 11 is 0. The molecule has 3 N–H and O–H groups in total. The topological polar surface area (TPSA) is 38.0 Å². The fourth-order valence-corrected chi connectivity index (χ4v) is 0.665. The summed E-state index contributed by atoms with van der Waals surface area (Å²) in [5.41, 5.74) is 5.81. The van der Waals surface area contributed by atoms with Gasteiger partial charge in [-0.2, -0.15) is 0 Å². The van der Waals surface area contributed by atoms with Crippen LogP contribution < -0.4 is 11.1 Å². The van der Waals surface area contributed by atoms with E-state index in [1.54, 1.807) is 0 Å². The molecule has 0 fully saturated rings. The maximum Gasteiger partial charge on any atom is 0.0135 e. The van der Waals surface area contributed by atoms with Crippen LogP contribution in [0.5, 0.6) is 0 Å². The summed E-state index contributed by atoms with van der Waals surface area (Å²) in [6.45, 7) is 11.7. The van der Waals surface area contributed by atoms with Crippen molar-refractivity contribution in [2.75, 3.05) is 13.1 Å². The van der Waals surface area contributed by atoms with Crippen LogP contribution in [0.2, 0.25) is 0 Å². The second kappa shape index (κ2) is 4.52. The van der Waals surface area contributed by atoms with E-state index in [0.29, 0.717) is 5.92 Å². The molecule has 0 bridgehead atoms. The number of nitrogens with two attached hydrogens (primary N) is 1. The van der Waals surface area contributed by atoms with Crippen LogP contribution in [0.3, 0.4) is 0 Å². The summed E-state index contributed by atoms with van der Waals surface area (Å²) in [5.74, 6) is 0.488. The van der Waals surface area contributed by atoms with Gasteiger partial charge >= 0.3 is 0 Å². The Morgan fingerprint density at radius 2 is 2.18 bits per heavy atom. The van der Waals surface area contributed by atoms with Crippen molar-refractivity contribution >= 4 is 0 Å². The van der Waals surface area contributed by atoms with Gasteiger partial charge in [-0.1, -0.05) is 13.0 Å². The zero-order chi connectivity index (χ0) is 8.91. The SMILES string of the molecule is C=CCNCC(C)C(C)(C)N. The van der Waals surface area contributed by atoms with E-state index in [0.717, 1.165) is 13.1 Å². The van der Waals surface area contributed by atoms with Crippen molar-refractivity contribution < 1.29 is 0 Å². The molecular weight excluding hydrogens is 136 g/mol. The quantitative estimate of drug-likeness (QED) is 0.462. The van der Waals surface area contributed by atoms with Gasteiger partial charge in [-0.3, -0.25) is 0 Å². The fraction of sp³-hybridized carbons (Fsp3) is 0.778. The van der Waals surface area contributed by atoms with E-state index in [1.165, 1.54) is 0 Å². The van der Waals surface area contributed by atoms with Gasteiger partial charge in [0.25, 0.3) is 0 Å². The Morgan fingerprint density at radius 1 is 1.64 bits per heavy atom. The average Bonchev–Trinajstić information content (AvgIpc) is 1.86. The van der Waals surface area contributed by atoms with E-state index >= 15 is 0 Å². The van der Waals surface area contributed by atoms with Crippen LogP contribution in [0.15, 0.2) is 12.7 Å². The molecular formula is C9H20N2. The molecule has 0 aliphatic heterocycles. The molecule has 0 aromatic heterocycles. The van der Waals surface area contributed by atoms with Crippen LogP contribution >= 0.6 is 0 Å². The molecule has 0 saturated heterocycles. The van der Waals surface area contributed by atoms with E-state index in [9.17, 15) is 0 Å². The first-order valence-electron chi connectivity index (χ1n) is 4.09.